The van der Waals surface area contributed by atoms with E-state index in [1.165, 1.54) is 15.0 Å². The molecule has 1 aliphatic heterocycles. The summed E-state index contributed by atoms with van der Waals surface area (Å²) in [5.74, 6) is 0.558. The monoisotopic (exact) mass is 424 g/mol. The Morgan fingerprint density at radius 2 is 2.07 bits per heavy atom. The number of fused-ring (bicyclic) bond motifs is 2. The van der Waals surface area contributed by atoms with Crippen molar-refractivity contribution >= 4 is 54.5 Å². The number of hydrogen-bond donors (Lipinski definition) is 2. The molecule has 5 rings (SSSR count). The van der Waals surface area contributed by atoms with E-state index in [1.807, 2.05) is 23.0 Å². The highest BCUT2D eigenvalue weighted by molar-refractivity contribution is 7.18. The Hall–Kier alpha value is -2.06. The summed E-state index contributed by atoms with van der Waals surface area (Å²) in [6.07, 6.45) is 5.34. The van der Waals surface area contributed by atoms with Gasteiger partial charge in [0.15, 0.2) is 0 Å². The van der Waals surface area contributed by atoms with E-state index in [0.29, 0.717) is 5.92 Å². The molecule has 0 saturated carbocycles. The van der Waals surface area contributed by atoms with E-state index >= 15 is 0 Å². The van der Waals surface area contributed by atoms with Crippen molar-refractivity contribution in [2.24, 2.45) is 0 Å². The van der Waals surface area contributed by atoms with E-state index in [4.69, 9.17) is 4.74 Å². The Balaban J connectivity index is 1.42. The van der Waals surface area contributed by atoms with Crippen molar-refractivity contribution in [1.82, 2.24) is 15.3 Å². The van der Waals surface area contributed by atoms with E-state index in [1.54, 1.807) is 11.3 Å². The number of anilines is 2. The van der Waals surface area contributed by atoms with Crippen LogP contribution in [0.3, 0.4) is 0 Å². The molecule has 0 amide bonds. The summed E-state index contributed by atoms with van der Waals surface area (Å²) in [6.45, 7) is 3.65. The first-order valence-electron chi connectivity index (χ1n) is 10.1. The molecule has 1 saturated heterocycles. The van der Waals surface area contributed by atoms with Crippen LogP contribution in [0.25, 0.3) is 20.4 Å². The fourth-order valence-corrected chi connectivity index (χ4v) is 5.72. The molecule has 7 heteroatoms. The average molecular weight is 425 g/mol. The standard InChI is InChI=1S/C22H24N4OS2/c1-2-15(5-7-23-9-11-27-10-1)21-13-17-18(6-8-24-22(17)29-21)26-16-3-4-20-19(12-16)25-14-28-20/h3-4,6,8,12-15,23H,1-2,5,7,9-11H2,(H,24,26). The molecule has 0 aliphatic carbocycles. The van der Waals surface area contributed by atoms with Crippen LogP contribution in [0.2, 0.25) is 0 Å². The summed E-state index contributed by atoms with van der Waals surface area (Å²) in [6, 6.07) is 10.8. The van der Waals surface area contributed by atoms with Crippen LogP contribution >= 0.6 is 22.7 Å². The quantitative estimate of drug-likeness (QED) is 0.453. The van der Waals surface area contributed by atoms with Crippen molar-refractivity contribution in [1.29, 1.82) is 0 Å². The van der Waals surface area contributed by atoms with Gasteiger partial charge in [0.2, 0.25) is 0 Å². The minimum absolute atomic E-state index is 0.558. The third-order valence-corrected chi connectivity index (χ3v) is 7.42. The molecule has 1 aromatic carbocycles. The predicted molar refractivity (Wildman–Crippen MR) is 123 cm³/mol. The molecule has 1 atom stereocenters. The minimum Gasteiger partial charge on any atom is -0.380 e. The van der Waals surface area contributed by atoms with Gasteiger partial charge in [-0.1, -0.05) is 0 Å². The Bertz CT molecular complexity index is 1100. The number of hydrogen-bond acceptors (Lipinski definition) is 7. The lowest BCUT2D eigenvalue weighted by Gasteiger charge is -2.18. The van der Waals surface area contributed by atoms with Crippen molar-refractivity contribution in [2.45, 2.75) is 25.2 Å². The average Bonchev–Trinajstić information content (AvgIpc) is 3.39. The molecule has 2 N–H and O–H groups in total. The fourth-order valence-electron chi connectivity index (χ4n) is 3.87. The molecule has 29 heavy (non-hydrogen) atoms. The smallest absolute Gasteiger partial charge is 0.125 e. The van der Waals surface area contributed by atoms with Crippen molar-refractivity contribution in [2.75, 3.05) is 31.6 Å². The van der Waals surface area contributed by atoms with Gasteiger partial charge in [-0.2, -0.15) is 0 Å². The number of nitrogens with zero attached hydrogens (tertiary/aromatic N) is 2. The summed E-state index contributed by atoms with van der Waals surface area (Å²) in [5, 5.41) is 8.28. The third-order valence-electron chi connectivity index (χ3n) is 5.40. The van der Waals surface area contributed by atoms with Gasteiger partial charge in [-0.3, -0.25) is 0 Å². The van der Waals surface area contributed by atoms with Gasteiger partial charge in [-0.15, -0.1) is 22.7 Å². The van der Waals surface area contributed by atoms with Crippen molar-refractivity contribution in [3.05, 3.63) is 46.9 Å². The number of thiophene rings is 1. The second-order valence-electron chi connectivity index (χ2n) is 7.38. The van der Waals surface area contributed by atoms with Gasteiger partial charge in [0.1, 0.15) is 4.83 Å². The number of thiazole rings is 1. The molecule has 4 heterocycles. The minimum atomic E-state index is 0.558. The number of pyridine rings is 1. The van der Waals surface area contributed by atoms with E-state index in [9.17, 15) is 0 Å². The zero-order valence-electron chi connectivity index (χ0n) is 16.2. The van der Waals surface area contributed by atoms with Gasteiger partial charge in [-0.25, -0.2) is 9.97 Å². The second kappa shape index (κ2) is 8.75. The number of rotatable bonds is 3. The Labute approximate surface area is 178 Å². The lowest BCUT2D eigenvalue weighted by atomic mass is 9.97. The first kappa shape index (κ1) is 18.9. The van der Waals surface area contributed by atoms with Gasteiger partial charge < -0.3 is 15.4 Å². The Morgan fingerprint density at radius 1 is 1.07 bits per heavy atom. The van der Waals surface area contributed by atoms with Crippen molar-refractivity contribution in [3.63, 3.8) is 0 Å². The highest BCUT2D eigenvalue weighted by Gasteiger charge is 2.17. The summed E-state index contributed by atoms with van der Waals surface area (Å²) in [7, 11) is 0. The van der Waals surface area contributed by atoms with Crippen LogP contribution in [-0.2, 0) is 4.74 Å². The Kier molecular flexibility index (Phi) is 5.71. The van der Waals surface area contributed by atoms with E-state index in [-0.39, 0.29) is 0 Å². The number of aromatic nitrogens is 2. The maximum atomic E-state index is 5.68. The van der Waals surface area contributed by atoms with Crippen LogP contribution < -0.4 is 10.6 Å². The van der Waals surface area contributed by atoms with Crippen LogP contribution in [0, 0.1) is 0 Å². The molecule has 4 aromatic rings. The molecule has 1 fully saturated rings. The fraction of sp³-hybridized carbons (Fsp3) is 0.364. The van der Waals surface area contributed by atoms with Gasteiger partial charge in [0, 0.05) is 35.3 Å². The zero-order valence-corrected chi connectivity index (χ0v) is 17.8. The largest absolute Gasteiger partial charge is 0.380 e. The SMILES string of the molecule is c1cc(Nc2ccc3scnc3c2)c2cc(C3CCCOCCNCC3)sc2n1. The molecule has 0 spiro atoms. The zero-order chi connectivity index (χ0) is 19.5. The van der Waals surface area contributed by atoms with Crippen molar-refractivity contribution in [3.8, 4) is 0 Å². The molecule has 1 unspecified atom stereocenters. The lowest BCUT2D eigenvalue weighted by Crippen LogP contribution is -2.23. The van der Waals surface area contributed by atoms with Crippen LogP contribution in [0.15, 0.2) is 42.0 Å². The van der Waals surface area contributed by atoms with E-state index in [2.05, 4.69) is 50.9 Å². The first-order chi connectivity index (χ1) is 14.4. The molecular weight excluding hydrogens is 400 g/mol. The molecule has 5 nitrogen and oxygen atoms in total. The van der Waals surface area contributed by atoms with Crippen molar-refractivity contribution < 1.29 is 4.74 Å². The van der Waals surface area contributed by atoms with Crippen LogP contribution in [-0.4, -0.2) is 36.3 Å². The Morgan fingerprint density at radius 3 is 3.07 bits per heavy atom. The predicted octanol–water partition coefficient (Wildman–Crippen LogP) is 5.52. The topological polar surface area (TPSA) is 59.1 Å². The summed E-state index contributed by atoms with van der Waals surface area (Å²) < 4.78 is 6.89. The van der Waals surface area contributed by atoms with Crippen LogP contribution in [0.4, 0.5) is 11.4 Å². The van der Waals surface area contributed by atoms with Gasteiger partial charge in [-0.05, 0) is 62.1 Å². The highest BCUT2D eigenvalue weighted by Crippen LogP contribution is 2.38. The van der Waals surface area contributed by atoms with E-state index in [0.717, 1.165) is 67.3 Å². The molecule has 0 bridgehead atoms. The van der Waals surface area contributed by atoms with Gasteiger partial charge >= 0.3 is 0 Å². The van der Waals surface area contributed by atoms with Crippen LogP contribution in [0.5, 0.6) is 0 Å². The molecule has 150 valence electrons. The first-order valence-corrected chi connectivity index (χ1v) is 11.8. The maximum absolute atomic E-state index is 5.68. The van der Waals surface area contributed by atoms with Crippen LogP contribution in [0.1, 0.15) is 30.1 Å². The molecule has 1 aliphatic rings. The summed E-state index contributed by atoms with van der Waals surface area (Å²) >= 11 is 3.50. The number of nitrogens with one attached hydrogen (secondary N) is 2. The third kappa shape index (κ3) is 4.28. The summed E-state index contributed by atoms with van der Waals surface area (Å²) in [5.41, 5.74) is 5.09. The molecular formula is C22H24N4OS2. The normalized spacial score (nSPS) is 18.8. The number of benzene rings is 1. The molecule has 0 radical (unpaired) electrons. The van der Waals surface area contributed by atoms with Gasteiger partial charge in [0.25, 0.3) is 0 Å². The summed E-state index contributed by atoms with van der Waals surface area (Å²) in [4.78, 5) is 11.6. The molecule has 3 aromatic heterocycles. The van der Waals surface area contributed by atoms with E-state index < -0.39 is 0 Å². The highest BCUT2D eigenvalue weighted by atomic mass is 32.1. The maximum Gasteiger partial charge on any atom is 0.125 e. The second-order valence-corrected chi connectivity index (χ2v) is 9.32. The lowest BCUT2D eigenvalue weighted by molar-refractivity contribution is 0.127. The van der Waals surface area contributed by atoms with Gasteiger partial charge in [0.05, 0.1) is 28.0 Å². The number of ether oxygens (including phenoxy) is 1.